The summed E-state index contributed by atoms with van der Waals surface area (Å²) in [5.74, 6) is -0.294. The summed E-state index contributed by atoms with van der Waals surface area (Å²) < 4.78 is 39.0. The zero-order valence-electron chi connectivity index (χ0n) is 7.71. The van der Waals surface area contributed by atoms with E-state index in [1.807, 2.05) is 0 Å². The first-order valence-corrected chi connectivity index (χ1v) is 4.07. The Morgan fingerprint density at radius 2 is 1.80 bits per heavy atom. The highest BCUT2D eigenvalue weighted by Gasteiger charge is 2.30. The standard InChI is InChI=1S/C10H9F3O2/c1-7(6-14)8-2-4-9(5-3-8)15-10(11,12)13/h2-5,14H,1,6H2. The third-order valence-corrected chi connectivity index (χ3v) is 1.69. The quantitative estimate of drug-likeness (QED) is 0.844. The van der Waals surface area contributed by atoms with Gasteiger partial charge >= 0.3 is 6.36 Å². The van der Waals surface area contributed by atoms with Gasteiger partial charge in [0, 0.05) is 0 Å². The summed E-state index contributed by atoms with van der Waals surface area (Å²) in [6, 6.07) is 5.15. The predicted octanol–water partition coefficient (Wildman–Crippen LogP) is 2.59. The molecule has 0 atom stereocenters. The number of halogens is 3. The first kappa shape index (κ1) is 11.6. The van der Waals surface area contributed by atoms with Crippen LogP contribution in [-0.4, -0.2) is 18.1 Å². The molecule has 0 aliphatic heterocycles. The average molecular weight is 218 g/mol. The molecule has 0 amide bonds. The van der Waals surface area contributed by atoms with E-state index in [2.05, 4.69) is 11.3 Å². The molecule has 0 radical (unpaired) electrons. The fourth-order valence-corrected chi connectivity index (χ4v) is 0.984. The van der Waals surface area contributed by atoms with E-state index in [1.165, 1.54) is 24.3 Å². The van der Waals surface area contributed by atoms with E-state index in [9.17, 15) is 13.2 Å². The van der Waals surface area contributed by atoms with E-state index < -0.39 is 6.36 Å². The average Bonchev–Trinajstić information content (AvgIpc) is 2.15. The lowest BCUT2D eigenvalue weighted by Gasteiger charge is -2.09. The van der Waals surface area contributed by atoms with Crippen LogP contribution in [0.4, 0.5) is 13.2 Å². The molecule has 0 aliphatic carbocycles. The van der Waals surface area contributed by atoms with E-state index in [4.69, 9.17) is 5.11 Å². The molecule has 1 aromatic rings. The number of rotatable bonds is 3. The van der Waals surface area contributed by atoms with Gasteiger partial charge in [0.1, 0.15) is 5.75 Å². The number of hydrogen-bond acceptors (Lipinski definition) is 2. The van der Waals surface area contributed by atoms with Crippen LogP contribution in [0.1, 0.15) is 5.56 Å². The summed E-state index contributed by atoms with van der Waals surface area (Å²) in [6.45, 7) is 3.30. The third kappa shape index (κ3) is 3.63. The Hall–Kier alpha value is -1.49. The van der Waals surface area contributed by atoms with Crippen molar-refractivity contribution in [3.8, 4) is 5.75 Å². The van der Waals surface area contributed by atoms with Crippen molar-refractivity contribution in [3.05, 3.63) is 36.4 Å². The van der Waals surface area contributed by atoms with Gasteiger partial charge < -0.3 is 9.84 Å². The molecule has 1 N–H and O–H groups in total. The minimum atomic E-state index is -4.69. The van der Waals surface area contributed by atoms with Gasteiger partial charge in [0.25, 0.3) is 0 Å². The van der Waals surface area contributed by atoms with Crippen LogP contribution in [0.15, 0.2) is 30.8 Å². The Balaban J connectivity index is 2.77. The fourth-order valence-electron chi connectivity index (χ4n) is 0.984. The van der Waals surface area contributed by atoms with E-state index in [-0.39, 0.29) is 12.4 Å². The lowest BCUT2D eigenvalue weighted by Crippen LogP contribution is -2.17. The van der Waals surface area contributed by atoms with Crippen molar-refractivity contribution in [1.29, 1.82) is 0 Å². The highest BCUT2D eigenvalue weighted by molar-refractivity contribution is 5.64. The van der Waals surface area contributed by atoms with Crippen LogP contribution in [0.3, 0.4) is 0 Å². The number of alkyl halides is 3. The highest BCUT2D eigenvalue weighted by atomic mass is 19.4. The van der Waals surface area contributed by atoms with Gasteiger partial charge in [-0.3, -0.25) is 0 Å². The van der Waals surface area contributed by atoms with Crippen LogP contribution in [0, 0.1) is 0 Å². The van der Waals surface area contributed by atoms with Crippen LogP contribution in [0.25, 0.3) is 5.57 Å². The van der Waals surface area contributed by atoms with Gasteiger partial charge in [-0.1, -0.05) is 18.7 Å². The van der Waals surface area contributed by atoms with Gasteiger partial charge in [-0.2, -0.15) is 0 Å². The highest BCUT2D eigenvalue weighted by Crippen LogP contribution is 2.24. The normalized spacial score (nSPS) is 11.2. The summed E-state index contributed by atoms with van der Waals surface area (Å²) >= 11 is 0. The molecule has 1 aromatic carbocycles. The maximum atomic E-state index is 11.8. The monoisotopic (exact) mass is 218 g/mol. The largest absolute Gasteiger partial charge is 0.573 e. The molecule has 0 saturated heterocycles. The molecule has 0 aromatic heterocycles. The predicted molar refractivity (Wildman–Crippen MR) is 49.2 cm³/mol. The van der Waals surface area contributed by atoms with Crippen LogP contribution in [-0.2, 0) is 0 Å². The van der Waals surface area contributed by atoms with Crippen LogP contribution >= 0.6 is 0 Å². The number of aliphatic hydroxyl groups is 1. The van der Waals surface area contributed by atoms with Crippen LogP contribution < -0.4 is 4.74 Å². The Morgan fingerprint density at radius 1 is 1.27 bits per heavy atom. The van der Waals surface area contributed by atoms with Gasteiger partial charge in [-0.15, -0.1) is 13.2 Å². The zero-order valence-corrected chi connectivity index (χ0v) is 7.71. The summed E-state index contributed by atoms with van der Waals surface area (Å²) in [5, 5.41) is 8.73. The third-order valence-electron chi connectivity index (χ3n) is 1.69. The van der Waals surface area contributed by atoms with Gasteiger partial charge in [0.05, 0.1) is 6.61 Å². The second-order valence-corrected chi connectivity index (χ2v) is 2.83. The molecule has 0 aliphatic rings. The number of ether oxygens (including phenoxy) is 1. The maximum Gasteiger partial charge on any atom is 0.573 e. The fraction of sp³-hybridized carbons (Fsp3) is 0.200. The Kier molecular flexibility index (Phi) is 3.36. The smallest absolute Gasteiger partial charge is 0.406 e. The minimum Gasteiger partial charge on any atom is -0.406 e. The molecule has 0 saturated carbocycles. The van der Waals surface area contributed by atoms with Gasteiger partial charge in [0.15, 0.2) is 0 Å². The van der Waals surface area contributed by atoms with Crippen molar-refractivity contribution in [2.75, 3.05) is 6.61 Å². The first-order chi connectivity index (χ1) is 6.92. The molecular formula is C10H9F3O2. The van der Waals surface area contributed by atoms with Crippen molar-refractivity contribution in [3.63, 3.8) is 0 Å². The van der Waals surface area contributed by atoms with Crippen molar-refractivity contribution >= 4 is 5.57 Å². The van der Waals surface area contributed by atoms with Crippen molar-refractivity contribution in [2.45, 2.75) is 6.36 Å². The summed E-state index contributed by atoms with van der Waals surface area (Å²) in [4.78, 5) is 0. The number of benzene rings is 1. The van der Waals surface area contributed by atoms with Crippen LogP contribution in [0.2, 0.25) is 0 Å². The molecular weight excluding hydrogens is 209 g/mol. The van der Waals surface area contributed by atoms with E-state index in [0.29, 0.717) is 11.1 Å². The van der Waals surface area contributed by atoms with E-state index in [0.717, 1.165) is 0 Å². The molecule has 5 heteroatoms. The molecule has 0 fully saturated rings. The van der Waals surface area contributed by atoms with Crippen LogP contribution in [0.5, 0.6) is 5.75 Å². The van der Waals surface area contributed by atoms with E-state index in [1.54, 1.807) is 0 Å². The molecule has 82 valence electrons. The number of aliphatic hydroxyl groups excluding tert-OH is 1. The second kappa shape index (κ2) is 4.35. The second-order valence-electron chi connectivity index (χ2n) is 2.83. The molecule has 0 bridgehead atoms. The summed E-state index contributed by atoms with van der Waals surface area (Å²) in [7, 11) is 0. The molecule has 15 heavy (non-hydrogen) atoms. The number of hydrogen-bond donors (Lipinski definition) is 1. The topological polar surface area (TPSA) is 29.5 Å². The lowest BCUT2D eigenvalue weighted by molar-refractivity contribution is -0.274. The lowest BCUT2D eigenvalue weighted by atomic mass is 10.1. The van der Waals surface area contributed by atoms with Gasteiger partial charge in [0.2, 0.25) is 0 Å². The van der Waals surface area contributed by atoms with Crippen molar-refractivity contribution in [2.24, 2.45) is 0 Å². The summed E-state index contributed by atoms with van der Waals surface area (Å²) in [6.07, 6.45) is -4.69. The molecule has 0 spiro atoms. The molecule has 2 nitrogen and oxygen atoms in total. The minimum absolute atomic E-state index is 0.237. The zero-order chi connectivity index (χ0) is 11.5. The van der Waals surface area contributed by atoms with Gasteiger partial charge in [-0.05, 0) is 23.3 Å². The maximum absolute atomic E-state index is 11.8. The Morgan fingerprint density at radius 3 is 2.20 bits per heavy atom. The Labute approximate surface area is 84.6 Å². The SMILES string of the molecule is C=C(CO)c1ccc(OC(F)(F)F)cc1. The Bertz CT molecular complexity index is 341. The molecule has 0 unspecified atom stereocenters. The molecule has 1 rings (SSSR count). The van der Waals surface area contributed by atoms with E-state index >= 15 is 0 Å². The van der Waals surface area contributed by atoms with Crippen molar-refractivity contribution < 1.29 is 23.0 Å². The summed E-state index contributed by atoms with van der Waals surface area (Å²) in [5.41, 5.74) is 1.01. The first-order valence-electron chi connectivity index (χ1n) is 4.07. The molecule has 0 heterocycles. The van der Waals surface area contributed by atoms with Crippen molar-refractivity contribution in [1.82, 2.24) is 0 Å². The van der Waals surface area contributed by atoms with Gasteiger partial charge in [-0.25, -0.2) is 0 Å².